The molecule has 1 aromatic heterocycles. The first-order valence-corrected chi connectivity index (χ1v) is 8.18. The van der Waals surface area contributed by atoms with Crippen molar-refractivity contribution in [1.82, 2.24) is 15.0 Å². The number of nitrogens with two attached hydrogens (primary N) is 1. The lowest BCUT2D eigenvalue weighted by atomic mass is 10.1. The third kappa shape index (κ3) is 3.80. The standard InChI is InChI=1S/C21H20N4/c1-3-8-15(4-2)19-23-20(16-9-6-5-7-10-16)25-21(24-19)17-11-13-18(22)14-12-17/h3-14H,22H2,1-2H3/b8-3-,15-4+. The number of allylic oxidation sites excluding steroid dienone is 4. The largest absolute Gasteiger partial charge is 0.399 e. The molecule has 25 heavy (non-hydrogen) atoms. The maximum absolute atomic E-state index is 5.79. The zero-order valence-electron chi connectivity index (χ0n) is 14.3. The summed E-state index contributed by atoms with van der Waals surface area (Å²) < 4.78 is 0. The van der Waals surface area contributed by atoms with Gasteiger partial charge in [0.2, 0.25) is 0 Å². The second kappa shape index (κ2) is 7.53. The summed E-state index contributed by atoms with van der Waals surface area (Å²) in [5.41, 5.74) is 9.33. The van der Waals surface area contributed by atoms with E-state index in [1.807, 2.05) is 86.7 Å². The lowest BCUT2D eigenvalue weighted by Crippen LogP contribution is -2.02. The topological polar surface area (TPSA) is 64.7 Å². The predicted molar refractivity (Wildman–Crippen MR) is 104 cm³/mol. The number of hydrogen-bond acceptors (Lipinski definition) is 4. The zero-order chi connectivity index (χ0) is 17.6. The minimum atomic E-state index is 0.632. The van der Waals surface area contributed by atoms with Gasteiger partial charge in [-0.15, -0.1) is 0 Å². The number of hydrogen-bond donors (Lipinski definition) is 1. The van der Waals surface area contributed by atoms with Gasteiger partial charge >= 0.3 is 0 Å². The molecule has 2 N–H and O–H groups in total. The number of nitrogens with zero attached hydrogens (tertiary/aromatic N) is 3. The van der Waals surface area contributed by atoms with Crippen LogP contribution < -0.4 is 5.73 Å². The van der Waals surface area contributed by atoms with Crippen molar-refractivity contribution >= 4 is 11.3 Å². The Hall–Kier alpha value is -3.27. The molecular weight excluding hydrogens is 308 g/mol. The van der Waals surface area contributed by atoms with Crippen LogP contribution in [0.3, 0.4) is 0 Å². The molecule has 0 aliphatic rings. The second-order valence-corrected chi connectivity index (χ2v) is 5.54. The molecule has 0 atom stereocenters. The molecule has 4 heteroatoms. The predicted octanol–water partition coefficient (Wildman–Crippen LogP) is 4.77. The van der Waals surface area contributed by atoms with Crippen LogP contribution in [0, 0.1) is 0 Å². The first-order valence-electron chi connectivity index (χ1n) is 8.18. The molecule has 1 heterocycles. The molecule has 0 unspecified atom stereocenters. The summed E-state index contributed by atoms with van der Waals surface area (Å²) in [6.45, 7) is 3.95. The van der Waals surface area contributed by atoms with Crippen LogP contribution in [0.1, 0.15) is 19.7 Å². The van der Waals surface area contributed by atoms with Gasteiger partial charge in [0, 0.05) is 22.4 Å². The van der Waals surface area contributed by atoms with E-state index in [1.165, 1.54) is 0 Å². The number of rotatable bonds is 4. The summed E-state index contributed by atoms with van der Waals surface area (Å²) in [5.74, 6) is 1.94. The molecular formula is C21H20N4. The minimum Gasteiger partial charge on any atom is -0.399 e. The van der Waals surface area contributed by atoms with Crippen molar-refractivity contribution in [2.45, 2.75) is 13.8 Å². The van der Waals surface area contributed by atoms with Crippen molar-refractivity contribution in [3.63, 3.8) is 0 Å². The fourth-order valence-corrected chi connectivity index (χ4v) is 2.46. The van der Waals surface area contributed by atoms with E-state index in [2.05, 4.69) is 15.0 Å². The highest BCUT2D eigenvalue weighted by Crippen LogP contribution is 2.23. The van der Waals surface area contributed by atoms with E-state index in [1.54, 1.807) is 0 Å². The van der Waals surface area contributed by atoms with Gasteiger partial charge < -0.3 is 5.73 Å². The van der Waals surface area contributed by atoms with Crippen molar-refractivity contribution in [2.24, 2.45) is 0 Å². The summed E-state index contributed by atoms with van der Waals surface area (Å²) in [6.07, 6.45) is 5.97. The first-order chi connectivity index (χ1) is 12.2. The highest BCUT2D eigenvalue weighted by molar-refractivity contribution is 5.72. The summed E-state index contributed by atoms with van der Waals surface area (Å²) in [5, 5.41) is 0. The molecule has 3 rings (SSSR count). The summed E-state index contributed by atoms with van der Waals surface area (Å²) in [7, 11) is 0. The van der Waals surface area contributed by atoms with Gasteiger partial charge in [0.05, 0.1) is 0 Å². The first kappa shape index (κ1) is 16.6. The second-order valence-electron chi connectivity index (χ2n) is 5.54. The van der Waals surface area contributed by atoms with Crippen LogP contribution in [-0.2, 0) is 0 Å². The van der Waals surface area contributed by atoms with E-state index in [4.69, 9.17) is 5.73 Å². The van der Waals surface area contributed by atoms with Gasteiger partial charge in [0.25, 0.3) is 0 Å². The van der Waals surface area contributed by atoms with E-state index in [9.17, 15) is 0 Å². The average molecular weight is 328 g/mol. The Morgan fingerprint density at radius 2 is 1.40 bits per heavy atom. The molecule has 2 aromatic carbocycles. The third-order valence-corrected chi connectivity index (χ3v) is 3.75. The Kier molecular flexibility index (Phi) is 5.00. The quantitative estimate of drug-likeness (QED) is 0.553. The van der Waals surface area contributed by atoms with Crippen LogP contribution in [0.2, 0.25) is 0 Å². The molecule has 3 aromatic rings. The van der Waals surface area contributed by atoms with Crippen molar-refractivity contribution in [3.8, 4) is 22.8 Å². The van der Waals surface area contributed by atoms with Crippen LogP contribution in [0.15, 0.2) is 72.8 Å². The molecule has 0 aliphatic carbocycles. The number of anilines is 1. The molecule has 0 amide bonds. The van der Waals surface area contributed by atoms with E-state index in [0.717, 1.165) is 16.7 Å². The highest BCUT2D eigenvalue weighted by atomic mass is 15.0. The van der Waals surface area contributed by atoms with Crippen LogP contribution >= 0.6 is 0 Å². The molecule has 0 spiro atoms. The van der Waals surface area contributed by atoms with E-state index < -0.39 is 0 Å². The molecule has 4 nitrogen and oxygen atoms in total. The van der Waals surface area contributed by atoms with Gasteiger partial charge in [-0.25, -0.2) is 15.0 Å². The van der Waals surface area contributed by atoms with Crippen LogP contribution in [0.25, 0.3) is 28.3 Å². The lowest BCUT2D eigenvalue weighted by molar-refractivity contribution is 1.04. The number of nitrogen functional groups attached to an aromatic ring is 1. The molecule has 0 fully saturated rings. The molecule has 0 bridgehead atoms. The minimum absolute atomic E-state index is 0.632. The van der Waals surface area contributed by atoms with Crippen molar-refractivity contribution in [3.05, 3.63) is 78.6 Å². The van der Waals surface area contributed by atoms with Gasteiger partial charge in [0.1, 0.15) is 0 Å². The third-order valence-electron chi connectivity index (χ3n) is 3.75. The van der Waals surface area contributed by atoms with E-state index in [0.29, 0.717) is 23.2 Å². The maximum atomic E-state index is 5.79. The number of benzene rings is 2. The molecule has 0 radical (unpaired) electrons. The number of aromatic nitrogens is 3. The van der Waals surface area contributed by atoms with Crippen molar-refractivity contribution in [2.75, 3.05) is 5.73 Å². The smallest absolute Gasteiger partial charge is 0.164 e. The van der Waals surface area contributed by atoms with E-state index >= 15 is 0 Å². The zero-order valence-corrected chi connectivity index (χ0v) is 14.3. The Labute approximate surface area is 147 Å². The fourth-order valence-electron chi connectivity index (χ4n) is 2.46. The summed E-state index contributed by atoms with van der Waals surface area (Å²) >= 11 is 0. The Bertz CT molecular complexity index is 910. The molecule has 0 saturated carbocycles. The van der Waals surface area contributed by atoms with Gasteiger partial charge in [0.15, 0.2) is 17.5 Å². The molecule has 0 aliphatic heterocycles. The van der Waals surface area contributed by atoms with Crippen LogP contribution in [-0.4, -0.2) is 15.0 Å². The highest BCUT2D eigenvalue weighted by Gasteiger charge is 2.11. The van der Waals surface area contributed by atoms with Gasteiger partial charge in [-0.1, -0.05) is 48.6 Å². The Morgan fingerprint density at radius 1 is 0.800 bits per heavy atom. The van der Waals surface area contributed by atoms with E-state index in [-0.39, 0.29) is 0 Å². The van der Waals surface area contributed by atoms with Crippen LogP contribution in [0.5, 0.6) is 0 Å². The monoisotopic (exact) mass is 328 g/mol. The molecule has 0 saturated heterocycles. The van der Waals surface area contributed by atoms with Gasteiger partial charge in [-0.05, 0) is 38.1 Å². The fraction of sp³-hybridized carbons (Fsp3) is 0.0952. The Morgan fingerprint density at radius 3 is 1.96 bits per heavy atom. The van der Waals surface area contributed by atoms with Crippen molar-refractivity contribution in [1.29, 1.82) is 0 Å². The summed E-state index contributed by atoms with van der Waals surface area (Å²) in [6, 6.07) is 17.5. The molecule has 124 valence electrons. The van der Waals surface area contributed by atoms with Gasteiger partial charge in [-0.2, -0.15) is 0 Å². The van der Waals surface area contributed by atoms with Gasteiger partial charge in [-0.3, -0.25) is 0 Å². The normalized spacial score (nSPS) is 11.8. The summed E-state index contributed by atoms with van der Waals surface area (Å²) in [4.78, 5) is 14.0. The maximum Gasteiger partial charge on any atom is 0.164 e. The lowest BCUT2D eigenvalue weighted by Gasteiger charge is -2.08. The van der Waals surface area contributed by atoms with Crippen molar-refractivity contribution < 1.29 is 0 Å². The van der Waals surface area contributed by atoms with Crippen LogP contribution in [0.4, 0.5) is 5.69 Å². The average Bonchev–Trinajstić information content (AvgIpc) is 2.67. The SMILES string of the molecule is C/C=C\C(=C/C)c1nc(-c2ccccc2)nc(-c2ccc(N)cc2)n1. The Balaban J connectivity index is 2.19.